The molecule has 2 rings (SSSR count). The van der Waals surface area contributed by atoms with Crippen molar-refractivity contribution in [1.82, 2.24) is 10.2 Å². The fraction of sp³-hybridized carbons (Fsp3) is 0.143. The molecule has 0 saturated heterocycles. The van der Waals surface area contributed by atoms with E-state index >= 15 is 0 Å². The van der Waals surface area contributed by atoms with Gasteiger partial charge in [-0.25, -0.2) is 0 Å². The minimum absolute atomic E-state index is 0.431. The van der Waals surface area contributed by atoms with E-state index in [4.69, 9.17) is 16.0 Å². The quantitative estimate of drug-likeness (QED) is 0.711. The lowest BCUT2D eigenvalue weighted by Gasteiger charge is -1.87. The molecule has 0 amide bonds. The fourth-order valence-corrected chi connectivity index (χ4v) is 1.77. The number of aryl methyl sites for hydroxylation is 1. The molecule has 0 saturated carbocycles. The molecule has 0 aromatic carbocycles. The Balaban J connectivity index is 2.50. The van der Waals surface area contributed by atoms with E-state index in [-0.39, 0.29) is 0 Å². The largest absolute Gasteiger partial charge is 0.461 e. The maximum Gasteiger partial charge on any atom is 0.207 e. The van der Waals surface area contributed by atoms with Gasteiger partial charge in [0.05, 0.1) is 6.26 Å². The molecule has 2 aromatic rings. The van der Waals surface area contributed by atoms with E-state index in [1.54, 1.807) is 6.26 Å². The topological polar surface area (TPSA) is 38.9 Å². The first kappa shape index (κ1) is 7.76. The highest BCUT2D eigenvalue weighted by Crippen LogP contribution is 2.28. The summed E-state index contributed by atoms with van der Waals surface area (Å²) in [6.07, 6.45) is 1.62. The summed E-state index contributed by atoms with van der Waals surface area (Å²) in [5.74, 6) is 0.749. The molecule has 0 aliphatic rings. The first-order valence-electron chi connectivity index (χ1n) is 3.31. The van der Waals surface area contributed by atoms with Crippen molar-refractivity contribution in [1.29, 1.82) is 0 Å². The summed E-state index contributed by atoms with van der Waals surface area (Å²) in [5.41, 5.74) is 1.04. The molecule has 2 heterocycles. The first-order valence-corrected chi connectivity index (χ1v) is 4.50. The monoisotopic (exact) mass is 200 g/mol. The van der Waals surface area contributed by atoms with Crippen LogP contribution in [-0.4, -0.2) is 10.2 Å². The first-order chi connectivity index (χ1) is 5.77. The molecule has 2 aromatic heterocycles. The van der Waals surface area contributed by atoms with Crippen LogP contribution in [0, 0.1) is 6.92 Å². The second-order valence-corrected chi connectivity index (χ2v) is 3.85. The highest BCUT2D eigenvalue weighted by Gasteiger charge is 2.10. The molecule has 5 heteroatoms. The van der Waals surface area contributed by atoms with E-state index in [1.807, 2.05) is 13.0 Å². The van der Waals surface area contributed by atoms with Gasteiger partial charge < -0.3 is 4.42 Å². The Kier molecular flexibility index (Phi) is 1.86. The van der Waals surface area contributed by atoms with Crippen molar-refractivity contribution in [3.8, 4) is 10.8 Å². The van der Waals surface area contributed by atoms with Gasteiger partial charge in [0.15, 0.2) is 10.8 Å². The predicted octanol–water partition coefficient (Wildman–Crippen LogP) is 2.76. The van der Waals surface area contributed by atoms with Gasteiger partial charge in [0, 0.05) is 0 Å². The van der Waals surface area contributed by atoms with E-state index in [0.29, 0.717) is 4.47 Å². The molecule has 12 heavy (non-hydrogen) atoms. The molecule has 0 unspecified atom stereocenters. The molecular weight excluding hydrogens is 196 g/mol. The van der Waals surface area contributed by atoms with E-state index in [1.165, 1.54) is 11.3 Å². The zero-order chi connectivity index (χ0) is 8.55. The Morgan fingerprint density at radius 3 is 2.83 bits per heavy atom. The maximum absolute atomic E-state index is 5.63. The number of hydrogen-bond acceptors (Lipinski definition) is 4. The number of hydrogen-bond donors (Lipinski definition) is 0. The summed E-state index contributed by atoms with van der Waals surface area (Å²) in [6.45, 7) is 1.95. The zero-order valence-corrected chi connectivity index (χ0v) is 7.82. The van der Waals surface area contributed by atoms with Crippen LogP contribution >= 0.6 is 22.9 Å². The Bertz CT molecular complexity index is 396. The van der Waals surface area contributed by atoms with E-state index in [2.05, 4.69) is 10.2 Å². The van der Waals surface area contributed by atoms with Crippen LogP contribution in [0.1, 0.15) is 5.56 Å². The Morgan fingerprint density at radius 1 is 1.50 bits per heavy atom. The molecule has 3 nitrogen and oxygen atoms in total. The molecule has 0 radical (unpaired) electrons. The highest BCUT2D eigenvalue weighted by molar-refractivity contribution is 7.18. The number of halogens is 1. The summed E-state index contributed by atoms with van der Waals surface area (Å²) >= 11 is 6.94. The highest BCUT2D eigenvalue weighted by atomic mass is 35.5. The average molecular weight is 201 g/mol. The number of nitrogens with zero attached hydrogens (tertiary/aromatic N) is 2. The van der Waals surface area contributed by atoms with Crippen molar-refractivity contribution in [2.45, 2.75) is 6.92 Å². The molecule has 0 aliphatic heterocycles. The summed E-state index contributed by atoms with van der Waals surface area (Å²) < 4.78 is 5.64. The van der Waals surface area contributed by atoms with Crippen molar-refractivity contribution in [3.63, 3.8) is 0 Å². The van der Waals surface area contributed by atoms with Crippen LogP contribution in [0.15, 0.2) is 16.7 Å². The summed E-state index contributed by atoms with van der Waals surface area (Å²) in [4.78, 5) is 0. The molecule has 0 N–H and O–H groups in total. The van der Waals surface area contributed by atoms with Crippen molar-refractivity contribution in [2.75, 3.05) is 0 Å². The van der Waals surface area contributed by atoms with Gasteiger partial charge in [-0.3, -0.25) is 0 Å². The van der Waals surface area contributed by atoms with Gasteiger partial charge in [0.25, 0.3) is 0 Å². The van der Waals surface area contributed by atoms with Crippen LogP contribution in [0.2, 0.25) is 4.47 Å². The second kappa shape index (κ2) is 2.88. The second-order valence-electron chi connectivity index (χ2n) is 2.29. The molecule has 0 spiro atoms. The van der Waals surface area contributed by atoms with E-state index in [9.17, 15) is 0 Å². The fourth-order valence-electron chi connectivity index (χ4n) is 0.889. The van der Waals surface area contributed by atoms with Crippen LogP contribution in [0.5, 0.6) is 0 Å². The third-order valence-electron chi connectivity index (χ3n) is 1.46. The van der Waals surface area contributed by atoms with Crippen LogP contribution in [0.3, 0.4) is 0 Å². The Morgan fingerprint density at radius 2 is 2.33 bits per heavy atom. The van der Waals surface area contributed by atoms with Gasteiger partial charge in [-0.15, -0.1) is 10.2 Å². The lowest BCUT2D eigenvalue weighted by Crippen LogP contribution is -1.75. The third kappa shape index (κ3) is 1.23. The van der Waals surface area contributed by atoms with Crippen molar-refractivity contribution in [2.24, 2.45) is 0 Å². The molecule has 0 atom stereocenters. The van der Waals surface area contributed by atoms with Crippen LogP contribution < -0.4 is 0 Å². The Hall–Kier alpha value is -0.870. The molecule has 0 aliphatic carbocycles. The average Bonchev–Trinajstić information content (AvgIpc) is 2.58. The van der Waals surface area contributed by atoms with E-state index < -0.39 is 0 Å². The molecule has 0 bridgehead atoms. The number of rotatable bonds is 1. The third-order valence-corrected chi connectivity index (χ3v) is 2.47. The SMILES string of the molecule is Cc1ccoc1-c1nnc(Cl)s1. The van der Waals surface area contributed by atoms with E-state index in [0.717, 1.165) is 16.3 Å². The summed E-state index contributed by atoms with van der Waals surface area (Å²) in [5, 5.41) is 8.27. The van der Waals surface area contributed by atoms with Gasteiger partial charge in [0.1, 0.15) is 0 Å². The predicted molar refractivity (Wildman–Crippen MR) is 47.4 cm³/mol. The van der Waals surface area contributed by atoms with Gasteiger partial charge >= 0.3 is 0 Å². The normalized spacial score (nSPS) is 10.5. The zero-order valence-electron chi connectivity index (χ0n) is 6.24. The van der Waals surface area contributed by atoms with Crippen LogP contribution in [0.4, 0.5) is 0 Å². The van der Waals surface area contributed by atoms with Crippen molar-refractivity contribution < 1.29 is 4.42 Å². The molecular formula is C7H5ClN2OS. The number of aromatic nitrogens is 2. The summed E-state index contributed by atoms with van der Waals surface area (Å²) in [7, 11) is 0. The maximum atomic E-state index is 5.63. The van der Waals surface area contributed by atoms with Crippen LogP contribution in [0.25, 0.3) is 10.8 Å². The molecule has 62 valence electrons. The Labute approximate surface area is 78.0 Å². The van der Waals surface area contributed by atoms with Crippen LogP contribution in [-0.2, 0) is 0 Å². The van der Waals surface area contributed by atoms with Gasteiger partial charge in [-0.2, -0.15) is 0 Å². The van der Waals surface area contributed by atoms with Gasteiger partial charge in [-0.05, 0) is 30.2 Å². The smallest absolute Gasteiger partial charge is 0.207 e. The van der Waals surface area contributed by atoms with Gasteiger partial charge in [-0.1, -0.05) is 11.3 Å². The van der Waals surface area contributed by atoms with Crippen molar-refractivity contribution in [3.05, 3.63) is 22.4 Å². The lowest BCUT2D eigenvalue weighted by atomic mass is 10.3. The minimum atomic E-state index is 0.431. The van der Waals surface area contributed by atoms with Gasteiger partial charge in [0.2, 0.25) is 4.47 Å². The lowest BCUT2D eigenvalue weighted by molar-refractivity contribution is 0.579. The standard InChI is InChI=1S/C7H5ClN2OS/c1-4-2-3-11-5(4)6-9-10-7(8)12-6/h2-3H,1H3. The minimum Gasteiger partial charge on any atom is -0.461 e. The number of furan rings is 1. The summed E-state index contributed by atoms with van der Waals surface area (Å²) in [6, 6.07) is 1.88. The molecule has 0 fully saturated rings. The van der Waals surface area contributed by atoms with Crippen molar-refractivity contribution >= 4 is 22.9 Å².